The molecule has 0 aliphatic carbocycles. The lowest BCUT2D eigenvalue weighted by molar-refractivity contribution is 0.102. The van der Waals surface area contributed by atoms with Crippen LogP contribution in [0.1, 0.15) is 16.1 Å². The number of anilines is 1. The van der Waals surface area contributed by atoms with E-state index in [1.165, 1.54) is 11.3 Å². The van der Waals surface area contributed by atoms with Gasteiger partial charge in [-0.2, -0.15) is 0 Å². The fourth-order valence-electron chi connectivity index (χ4n) is 2.82. The Morgan fingerprint density at radius 2 is 1.65 bits per heavy atom. The highest BCUT2D eigenvalue weighted by atomic mass is 35.5. The van der Waals surface area contributed by atoms with E-state index in [1.807, 2.05) is 48.5 Å². The molecule has 3 aromatic carbocycles. The van der Waals surface area contributed by atoms with E-state index in [2.05, 4.69) is 10.3 Å². The molecular weight excluding hydrogens is 432 g/mol. The molecule has 1 aromatic heterocycles. The molecule has 0 atom stereocenters. The number of aromatic nitrogens is 1. The molecule has 7 heteroatoms. The average Bonchev–Trinajstić information content (AvgIpc) is 3.30. The predicted molar refractivity (Wildman–Crippen MR) is 124 cm³/mol. The first-order valence-corrected chi connectivity index (χ1v) is 10.7. The second-order valence-corrected chi connectivity index (χ2v) is 7.95. The second-order valence-electron chi connectivity index (χ2n) is 6.66. The summed E-state index contributed by atoms with van der Waals surface area (Å²) < 4.78 is 10.9. The minimum absolute atomic E-state index is 0.254. The summed E-state index contributed by atoms with van der Waals surface area (Å²) in [5.41, 5.74) is 3.02. The number of benzene rings is 3. The quantitative estimate of drug-likeness (QED) is 0.358. The average molecular weight is 451 g/mol. The molecule has 0 unspecified atom stereocenters. The summed E-state index contributed by atoms with van der Waals surface area (Å²) in [5.74, 6) is 1.23. The Hall–Kier alpha value is -3.35. The van der Waals surface area contributed by atoms with Crippen molar-refractivity contribution in [3.05, 3.63) is 94.5 Å². The zero-order chi connectivity index (χ0) is 21.6. The molecule has 4 rings (SSSR count). The van der Waals surface area contributed by atoms with Crippen molar-refractivity contribution >= 4 is 34.5 Å². The van der Waals surface area contributed by atoms with E-state index in [-0.39, 0.29) is 5.91 Å². The van der Waals surface area contributed by atoms with E-state index in [0.717, 1.165) is 27.6 Å². The molecule has 31 heavy (non-hydrogen) atoms. The van der Waals surface area contributed by atoms with E-state index < -0.39 is 0 Å². The number of hydrogen-bond acceptors (Lipinski definition) is 5. The molecule has 1 heterocycles. The number of thiazole rings is 1. The monoisotopic (exact) mass is 450 g/mol. The van der Waals surface area contributed by atoms with Crippen molar-refractivity contribution in [1.29, 1.82) is 0 Å². The van der Waals surface area contributed by atoms with Gasteiger partial charge in [-0.3, -0.25) is 4.79 Å². The maximum atomic E-state index is 12.5. The van der Waals surface area contributed by atoms with Gasteiger partial charge in [0, 0.05) is 21.7 Å². The molecule has 0 radical (unpaired) electrons. The van der Waals surface area contributed by atoms with Crippen molar-refractivity contribution in [2.45, 2.75) is 6.61 Å². The van der Waals surface area contributed by atoms with Gasteiger partial charge in [0.1, 0.15) is 28.8 Å². The van der Waals surface area contributed by atoms with Crippen molar-refractivity contribution < 1.29 is 14.3 Å². The number of carbonyl (C=O) groups is 1. The van der Waals surface area contributed by atoms with Crippen LogP contribution < -0.4 is 14.8 Å². The molecule has 0 saturated heterocycles. The van der Waals surface area contributed by atoms with Gasteiger partial charge in [-0.15, -0.1) is 11.3 Å². The summed E-state index contributed by atoms with van der Waals surface area (Å²) in [7, 11) is 1.60. The topological polar surface area (TPSA) is 60.5 Å². The number of ether oxygens (including phenoxy) is 2. The van der Waals surface area contributed by atoms with Crippen LogP contribution in [0.5, 0.6) is 11.5 Å². The zero-order valence-electron chi connectivity index (χ0n) is 16.7. The standard InChI is InChI=1S/C24H19ClN2O3S/c1-29-20-12-8-19(9-13-20)26-23(28)22-15-31-24(27-22)17-4-10-21(11-5-17)30-14-16-2-6-18(25)7-3-16/h2-13,15H,14H2,1H3,(H,26,28). The molecule has 1 amide bonds. The minimum Gasteiger partial charge on any atom is -0.497 e. The Morgan fingerprint density at radius 1 is 0.968 bits per heavy atom. The van der Waals surface area contributed by atoms with Gasteiger partial charge in [0.05, 0.1) is 7.11 Å². The van der Waals surface area contributed by atoms with Crippen LogP contribution in [0.3, 0.4) is 0 Å². The Bertz CT molecular complexity index is 1160. The normalized spacial score (nSPS) is 10.5. The molecule has 0 aliphatic heterocycles. The van der Waals surface area contributed by atoms with Gasteiger partial charge in [-0.1, -0.05) is 23.7 Å². The Kier molecular flexibility index (Phi) is 6.50. The molecule has 0 saturated carbocycles. The Balaban J connectivity index is 1.37. The van der Waals surface area contributed by atoms with Crippen LogP contribution in [0.2, 0.25) is 5.02 Å². The number of nitrogens with zero attached hydrogens (tertiary/aromatic N) is 1. The third-order valence-corrected chi connectivity index (χ3v) is 5.65. The first-order valence-electron chi connectivity index (χ1n) is 9.49. The van der Waals surface area contributed by atoms with Gasteiger partial charge in [-0.05, 0) is 66.2 Å². The van der Waals surface area contributed by atoms with E-state index in [1.54, 1.807) is 36.8 Å². The van der Waals surface area contributed by atoms with E-state index in [4.69, 9.17) is 21.1 Å². The van der Waals surface area contributed by atoms with Crippen molar-refractivity contribution in [2.24, 2.45) is 0 Å². The molecule has 4 aromatic rings. The van der Waals surface area contributed by atoms with Crippen LogP contribution in [0, 0.1) is 0 Å². The number of methoxy groups -OCH3 is 1. The van der Waals surface area contributed by atoms with Crippen molar-refractivity contribution in [2.75, 3.05) is 12.4 Å². The number of rotatable bonds is 7. The van der Waals surface area contributed by atoms with E-state index in [9.17, 15) is 4.79 Å². The molecule has 0 spiro atoms. The van der Waals surface area contributed by atoms with Gasteiger partial charge in [-0.25, -0.2) is 4.98 Å². The van der Waals surface area contributed by atoms with Crippen LogP contribution in [0.15, 0.2) is 78.2 Å². The summed E-state index contributed by atoms with van der Waals surface area (Å²) in [5, 5.41) is 6.06. The molecule has 5 nitrogen and oxygen atoms in total. The number of amides is 1. The summed E-state index contributed by atoms with van der Waals surface area (Å²) in [4.78, 5) is 17.0. The molecule has 156 valence electrons. The smallest absolute Gasteiger partial charge is 0.275 e. The highest BCUT2D eigenvalue weighted by Gasteiger charge is 2.12. The van der Waals surface area contributed by atoms with Crippen molar-refractivity contribution in [3.8, 4) is 22.1 Å². The Labute approximate surface area is 189 Å². The first kappa shape index (κ1) is 20.9. The molecule has 1 N–H and O–H groups in total. The fraction of sp³-hybridized carbons (Fsp3) is 0.0833. The van der Waals surface area contributed by atoms with E-state index in [0.29, 0.717) is 23.0 Å². The van der Waals surface area contributed by atoms with Gasteiger partial charge in [0.25, 0.3) is 5.91 Å². The van der Waals surface area contributed by atoms with Gasteiger partial charge < -0.3 is 14.8 Å². The molecular formula is C24H19ClN2O3S. The first-order chi connectivity index (χ1) is 15.1. The number of halogens is 1. The minimum atomic E-state index is -0.254. The largest absolute Gasteiger partial charge is 0.497 e. The SMILES string of the molecule is COc1ccc(NC(=O)c2csc(-c3ccc(OCc4ccc(Cl)cc4)cc3)n2)cc1. The van der Waals surface area contributed by atoms with E-state index >= 15 is 0 Å². The molecule has 0 aliphatic rings. The summed E-state index contributed by atoms with van der Waals surface area (Å²) in [6.07, 6.45) is 0. The number of carbonyl (C=O) groups excluding carboxylic acids is 1. The van der Waals surface area contributed by atoms with Crippen LogP contribution >= 0.6 is 22.9 Å². The maximum Gasteiger partial charge on any atom is 0.275 e. The summed E-state index contributed by atoms with van der Waals surface area (Å²) in [6, 6.07) is 22.4. The van der Waals surface area contributed by atoms with Crippen molar-refractivity contribution in [1.82, 2.24) is 4.98 Å². The maximum absolute atomic E-state index is 12.5. The van der Waals surface area contributed by atoms with Gasteiger partial charge >= 0.3 is 0 Å². The van der Waals surface area contributed by atoms with Gasteiger partial charge in [0.15, 0.2) is 0 Å². The lowest BCUT2D eigenvalue weighted by Gasteiger charge is -2.07. The number of hydrogen-bond donors (Lipinski definition) is 1. The molecule has 0 bridgehead atoms. The third kappa shape index (κ3) is 5.42. The zero-order valence-corrected chi connectivity index (χ0v) is 18.2. The molecule has 0 fully saturated rings. The van der Waals surface area contributed by atoms with Crippen LogP contribution in [-0.4, -0.2) is 18.0 Å². The van der Waals surface area contributed by atoms with Crippen LogP contribution in [0.25, 0.3) is 10.6 Å². The number of nitrogens with one attached hydrogen (secondary N) is 1. The van der Waals surface area contributed by atoms with Crippen LogP contribution in [-0.2, 0) is 6.61 Å². The fourth-order valence-corrected chi connectivity index (χ4v) is 3.75. The second kappa shape index (κ2) is 9.64. The highest BCUT2D eigenvalue weighted by molar-refractivity contribution is 7.13. The summed E-state index contributed by atoms with van der Waals surface area (Å²) >= 11 is 7.32. The summed E-state index contributed by atoms with van der Waals surface area (Å²) in [6.45, 7) is 0.462. The lowest BCUT2D eigenvalue weighted by Crippen LogP contribution is -2.12. The van der Waals surface area contributed by atoms with Crippen LogP contribution in [0.4, 0.5) is 5.69 Å². The Morgan fingerprint density at radius 3 is 2.32 bits per heavy atom. The lowest BCUT2D eigenvalue weighted by atomic mass is 10.2. The predicted octanol–water partition coefficient (Wildman–Crippen LogP) is 6.30. The highest BCUT2D eigenvalue weighted by Crippen LogP contribution is 2.27. The van der Waals surface area contributed by atoms with Gasteiger partial charge in [0.2, 0.25) is 0 Å². The third-order valence-electron chi connectivity index (χ3n) is 4.50. The van der Waals surface area contributed by atoms with Crippen molar-refractivity contribution in [3.63, 3.8) is 0 Å².